The lowest BCUT2D eigenvalue weighted by molar-refractivity contribution is 0.0203. The SMILES string of the molecule is CN=C(NCCCOCC1CCOCC1)NCCCN1CCCCC1C. The number of hydrogen-bond donors (Lipinski definition) is 2. The summed E-state index contributed by atoms with van der Waals surface area (Å²) in [5.41, 5.74) is 0. The van der Waals surface area contributed by atoms with Gasteiger partial charge in [-0.2, -0.15) is 0 Å². The quantitative estimate of drug-likeness (QED) is 0.352. The van der Waals surface area contributed by atoms with Crippen LogP contribution in [0.15, 0.2) is 4.99 Å². The van der Waals surface area contributed by atoms with E-state index >= 15 is 0 Å². The lowest BCUT2D eigenvalue weighted by Crippen LogP contribution is -2.41. The molecule has 26 heavy (non-hydrogen) atoms. The Labute approximate surface area is 160 Å². The van der Waals surface area contributed by atoms with Crippen LogP contribution < -0.4 is 10.6 Å². The van der Waals surface area contributed by atoms with Gasteiger partial charge >= 0.3 is 0 Å². The molecular formula is C20H40N4O2. The summed E-state index contributed by atoms with van der Waals surface area (Å²) in [7, 11) is 1.84. The highest BCUT2D eigenvalue weighted by molar-refractivity contribution is 5.79. The van der Waals surface area contributed by atoms with Crippen molar-refractivity contribution in [1.29, 1.82) is 0 Å². The molecule has 0 bridgehead atoms. The molecule has 1 unspecified atom stereocenters. The molecule has 2 fully saturated rings. The van der Waals surface area contributed by atoms with Gasteiger partial charge in [-0.3, -0.25) is 4.99 Å². The highest BCUT2D eigenvalue weighted by Crippen LogP contribution is 2.16. The first-order chi connectivity index (χ1) is 12.8. The van der Waals surface area contributed by atoms with Crippen molar-refractivity contribution >= 4 is 5.96 Å². The molecule has 0 radical (unpaired) electrons. The van der Waals surface area contributed by atoms with Gasteiger partial charge in [-0.25, -0.2) is 0 Å². The Kier molecular flexibility index (Phi) is 11.0. The van der Waals surface area contributed by atoms with Crippen LogP contribution in [0.1, 0.15) is 51.9 Å². The number of guanidine groups is 1. The van der Waals surface area contributed by atoms with Gasteiger partial charge in [0.1, 0.15) is 0 Å². The number of piperidine rings is 1. The second-order valence-electron chi connectivity index (χ2n) is 7.64. The van der Waals surface area contributed by atoms with Crippen molar-refractivity contribution in [3.8, 4) is 0 Å². The standard InChI is InChI=1S/C20H40N4O2/c1-18-7-3-4-12-24(18)13-5-10-22-20(21-2)23-11-6-14-26-17-19-8-15-25-16-9-19/h18-19H,3-17H2,1-2H3,(H2,21,22,23). The number of nitrogens with zero attached hydrogens (tertiary/aromatic N) is 2. The van der Waals surface area contributed by atoms with Gasteiger partial charge in [0.05, 0.1) is 0 Å². The summed E-state index contributed by atoms with van der Waals surface area (Å²) in [6.07, 6.45) is 8.57. The van der Waals surface area contributed by atoms with Crippen LogP contribution in [0.25, 0.3) is 0 Å². The molecule has 0 saturated carbocycles. The minimum Gasteiger partial charge on any atom is -0.381 e. The lowest BCUT2D eigenvalue weighted by Gasteiger charge is -2.33. The summed E-state index contributed by atoms with van der Waals surface area (Å²) in [5, 5.41) is 6.80. The molecule has 2 N–H and O–H groups in total. The summed E-state index contributed by atoms with van der Waals surface area (Å²) < 4.78 is 11.2. The number of likely N-dealkylation sites (tertiary alicyclic amines) is 1. The van der Waals surface area contributed by atoms with E-state index in [0.717, 1.165) is 70.8 Å². The van der Waals surface area contributed by atoms with Crippen molar-refractivity contribution in [3.05, 3.63) is 0 Å². The summed E-state index contributed by atoms with van der Waals surface area (Å²) in [6, 6.07) is 0.752. The zero-order valence-corrected chi connectivity index (χ0v) is 17.0. The Morgan fingerprint density at radius 1 is 1.12 bits per heavy atom. The third-order valence-electron chi connectivity index (χ3n) is 5.53. The van der Waals surface area contributed by atoms with Crippen molar-refractivity contribution < 1.29 is 9.47 Å². The number of nitrogens with one attached hydrogen (secondary N) is 2. The third-order valence-corrected chi connectivity index (χ3v) is 5.53. The second-order valence-corrected chi connectivity index (χ2v) is 7.64. The van der Waals surface area contributed by atoms with Crippen LogP contribution in [0.3, 0.4) is 0 Å². The van der Waals surface area contributed by atoms with Crippen LogP contribution in [0.5, 0.6) is 0 Å². The van der Waals surface area contributed by atoms with Gasteiger partial charge in [0, 0.05) is 59.2 Å². The second kappa shape index (κ2) is 13.3. The Hall–Kier alpha value is -0.850. The van der Waals surface area contributed by atoms with Gasteiger partial charge in [-0.05, 0) is 57.9 Å². The van der Waals surface area contributed by atoms with Gasteiger partial charge in [0.25, 0.3) is 0 Å². The van der Waals surface area contributed by atoms with Gasteiger partial charge in [-0.1, -0.05) is 6.42 Å². The first kappa shape index (κ1) is 21.5. The molecule has 152 valence electrons. The van der Waals surface area contributed by atoms with Crippen LogP contribution in [-0.4, -0.2) is 76.6 Å². The zero-order chi connectivity index (χ0) is 18.5. The van der Waals surface area contributed by atoms with Crippen molar-refractivity contribution in [2.75, 3.05) is 59.7 Å². The molecule has 0 aromatic carbocycles. The fourth-order valence-electron chi connectivity index (χ4n) is 3.74. The molecule has 2 saturated heterocycles. The number of rotatable bonds is 10. The van der Waals surface area contributed by atoms with Gasteiger partial charge in [0.15, 0.2) is 5.96 Å². The maximum Gasteiger partial charge on any atom is 0.190 e. The van der Waals surface area contributed by atoms with Gasteiger partial charge < -0.3 is 25.0 Å². The monoisotopic (exact) mass is 368 g/mol. The molecule has 0 aromatic heterocycles. The van der Waals surface area contributed by atoms with E-state index in [2.05, 4.69) is 27.4 Å². The van der Waals surface area contributed by atoms with E-state index in [1.165, 1.54) is 38.8 Å². The van der Waals surface area contributed by atoms with Crippen molar-refractivity contribution in [2.45, 2.75) is 57.9 Å². The van der Waals surface area contributed by atoms with E-state index in [1.807, 2.05) is 7.05 Å². The maximum atomic E-state index is 5.80. The van der Waals surface area contributed by atoms with Crippen LogP contribution in [0, 0.1) is 5.92 Å². The Bertz CT molecular complexity index is 386. The van der Waals surface area contributed by atoms with Crippen LogP contribution >= 0.6 is 0 Å². The predicted octanol–water partition coefficient (Wildman–Crippen LogP) is 2.25. The smallest absolute Gasteiger partial charge is 0.190 e. The molecule has 1 atom stereocenters. The minimum absolute atomic E-state index is 0.689. The summed E-state index contributed by atoms with van der Waals surface area (Å²) in [4.78, 5) is 6.93. The Morgan fingerprint density at radius 2 is 1.88 bits per heavy atom. The first-order valence-electron chi connectivity index (χ1n) is 10.6. The molecule has 6 nitrogen and oxygen atoms in total. The number of aliphatic imine (C=N–C) groups is 1. The molecule has 0 amide bonds. The first-order valence-corrected chi connectivity index (χ1v) is 10.6. The average Bonchev–Trinajstić information content (AvgIpc) is 2.68. The molecule has 0 aliphatic carbocycles. The highest BCUT2D eigenvalue weighted by Gasteiger charge is 2.17. The normalized spacial score (nSPS) is 23.2. The molecular weight excluding hydrogens is 328 g/mol. The maximum absolute atomic E-state index is 5.80. The number of ether oxygens (including phenoxy) is 2. The molecule has 6 heteroatoms. The minimum atomic E-state index is 0.689. The Morgan fingerprint density at radius 3 is 2.62 bits per heavy atom. The van der Waals surface area contributed by atoms with Crippen LogP contribution in [0.2, 0.25) is 0 Å². The zero-order valence-electron chi connectivity index (χ0n) is 17.0. The van der Waals surface area contributed by atoms with Gasteiger partial charge in [0.2, 0.25) is 0 Å². The molecule has 2 aliphatic rings. The van der Waals surface area contributed by atoms with E-state index in [0.29, 0.717) is 5.92 Å². The van der Waals surface area contributed by atoms with Gasteiger partial charge in [-0.15, -0.1) is 0 Å². The molecule has 2 heterocycles. The van der Waals surface area contributed by atoms with Crippen molar-refractivity contribution in [2.24, 2.45) is 10.9 Å². The topological polar surface area (TPSA) is 58.1 Å². The average molecular weight is 369 g/mol. The molecule has 0 aromatic rings. The largest absolute Gasteiger partial charge is 0.381 e. The summed E-state index contributed by atoms with van der Waals surface area (Å²) >= 11 is 0. The summed E-state index contributed by atoms with van der Waals surface area (Å²) in [6.45, 7) is 10.2. The van der Waals surface area contributed by atoms with Crippen LogP contribution in [0.4, 0.5) is 0 Å². The highest BCUT2D eigenvalue weighted by atomic mass is 16.5. The van der Waals surface area contributed by atoms with E-state index in [-0.39, 0.29) is 0 Å². The van der Waals surface area contributed by atoms with Crippen LogP contribution in [-0.2, 0) is 9.47 Å². The fraction of sp³-hybridized carbons (Fsp3) is 0.950. The number of hydrogen-bond acceptors (Lipinski definition) is 4. The molecule has 2 rings (SSSR count). The van der Waals surface area contributed by atoms with E-state index in [1.54, 1.807) is 0 Å². The van der Waals surface area contributed by atoms with E-state index in [9.17, 15) is 0 Å². The molecule has 2 aliphatic heterocycles. The molecule has 0 spiro atoms. The summed E-state index contributed by atoms with van der Waals surface area (Å²) in [5.74, 6) is 1.59. The van der Waals surface area contributed by atoms with Crippen molar-refractivity contribution in [3.63, 3.8) is 0 Å². The fourth-order valence-corrected chi connectivity index (χ4v) is 3.74. The predicted molar refractivity (Wildman–Crippen MR) is 108 cm³/mol. The van der Waals surface area contributed by atoms with Crippen molar-refractivity contribution in [1.82, 2.24) is 15.5 Å². The third kappa shape index (κ3) is 8.69. The van der Waals surface area contributed by atoms with E-state index < -0.39 is 0 Å². The lowest BCUT2D eigenvalue weighted by atomic mass is 10.0. The Balaban J connectivity index is 1.43. The van der Waals surface area contributed by atoms with E-state index in [4.69, 9.17) is 9.47 Å².